The van der Waals surface area contributed by atoms with Gasteiger partial charge in [0.1, 0.15) is 0 Å². The van der Waals surface area contributed by atoms with Gasteiger partial charge < -0.3 is 20.9 Å². The summed E-state index contributed by atoms with van der Waals surface area (Å²) in [5, 5.41) is 0. The van der Waals surface area contributed by atoms with E-state index in [0.717, 1.165) is 25.7 Å². The van der Waals surface area contributed by atoms with Gasteiger partial charge in [-0.25, -0.2) is 0 Å². The van der Waals surface area contributed by atoms with Crippen LogP contribution in [0, 0.1) is 0 Å². The number of hydrogen-bond acceptors (Lipinski definition) is 6. The minimum absolute atomic E-state index is 0.227. The summed E-state index contributed by atoms with van der Waals surface area (Å²) in [6.45, 7) is 5.67. The number of esters is 2. The van der Waals surface area contributed by atoms with Gasteiger partial charge in [0.15, 0.2) is 0 Å². The number of rotatable bonds is 29. The maximum Gasteiger partial charge on any atom is 0.305 e. The maximum absolute atomic E-state index is 12.1. The lowest BCUT2D eigenvalue weighted by Gasteiger charge is -2.27. The molecule has 0 aromatic rings. The Hall–Kier alpha value is -1.14. The number of carbonyl (C=O) groups is 2. The van der Waals surface area contributed by atoms with Crippen LogP contribution in [0.2, 0.25) is 0 Å². The number of carbonyl (C=O) groups excluding carboxylic acids is 2. The van der Waals surface area contributed by atoms with E-state index in [0.29, 0.717) is 26.1 Å². The Balaban J connectivity index is 3.70. The Kier molecular flexibility index (Phi) is 26.6. The molecule has 0 aliphatic rings. The van der Waals surface area contributed by atoms with Crippen molar-refractivity contribution in [3.63, 3.8) is 0 Å². The highest BCUT2D eigenvalue weighted by atomic mass is 16.5. The number of ether oxygens (including phenoxy) is 2. The van der Waals surface area contributed by atoms with E-state index in [1.54, 1.807) is 0 Å². The van der Waals surface area contributed by atoms with Crippen LogP contribution in [0.3, 0.4) is 0 Å². The molecule has 0 amide bonds. The molecule has 0 heterocycles. The first-order valence-corrected chi connectivity index (χ1v) is 16.3. The first kappa shape index (κ1) is 36.9. The minimum atomic E-state index is -0.744. The van der Waals surface area contributed by atoms with Crippen molar-refractivity contribution in [1.82, 2.24) is 0 Å². The van der Waals surface area contributed by atoms with Crippen LogP contribution in [0.5, 0.6) is 0 Å². The van der Waals surface area contributed by atoms with Crippen LogP contribution in [0.4, 0.5) is 0 Å². The van der Waals surface area contributed by atoms with Crippen molar-refractivity contribution in [3.05, 3.63) is 0 Å². The number of nitrogens with two attached hydrogens (primary N) is 2. The van der Waals surface area contributed by atoms with Gasteiger partial charge in [-0.15, -0.1) is 0 Å². The van der Waals surface area contributed by atoms with Gasteiger partial charge >= 0.3 is 11.9 Å². The fourth-order valence-corrected chi connectivity index (χ4v) is 4.73. The van der Waals surface area contributed by atoms with Crippen molar-refractivity contribution >= 4 is 11.9 Å². The summed E-state index contributed by atoms with van der Waals surface area (Å²) < 4.78 is 10.7. The summed E-state index contributed by atoms with van der Waals surface area (Å²) in [6, 6.07) is 0. The molecule has 0 aliphatic heterocycles. The van der Waals surface area contributed by atoms with Gasteiger partial charge in [-0.05, 0) is 25.7 Å². The molecule has 0 saturated heterocycles. The van der Waals surface area contributed by atoms with Gasteiger partial charge in [-0.2, -0.15) is 0 Å². The largest absolute Gasteiger partial charge is 0.466 e. The summed E-state index contributed by atoms with van der Waals surface area (Å²) in [5.74, 6) is -0.458. The van der Waals surface area contributed by atoms with Crippen molar-refractivity contribution in [3.8, 4) is 0 Å². The molecule has 6 nitrogen and oxygen atoms in total. The van der Waals surface area contributed by atoms with E-state index in [9.17, 15) is 9.59 Å². The highest BCUT2D eigenvalue weighted by Crippen LogP contribution is 2.17. The lowest BCUT2D eigenvalue weighted by atomic mass is 9.89. The molecule has 38 heavy (non-hydrogen) atoms. The third-order valence-electron chi connectivity index (χ3n) is 7.58. The molecule has 0 spiro atoms. The number of hydrogen-bond donors (Lipinski definition) is 2. The SMILES string of the molecule is CCCCCCCCCCCCOC(=O)CCC(N)(CN)CCC(=O)OCCCCCCCCCCCC. The van der Waals surface area contributed by atoms with Crippen molar-refractivity contribution in [2.75, 3.05) is 19.8 Å². The smallest absolute Gasteiger partial charge is 0.305 e. The molecular weight excluding hydrogens is 476 g/mol. The van der Waals surface area contributed by atoms with Crippen molar-refractivity contribution in [2.45, 2.75) is 173 Å². The molecule has 0 aromatic carbocycles. The predicted octanol–water partition coefficient (Wildman–Crippen LogP) is 8.13. The minimum Gasteiger partial charge on any atom is -0.466 e. The Morgan fingerprint density at radius 1 is 0.526 bits per heavy atom. The van der Waals surface area contributed by atoms with E-state index in [2.05, 4.69) is 13.8 Å². The molecule has 0 aromatic heterocycles. The zero-order chi connectivity index (χ0) is 28.2. The quantitative estimate of drug-likeness (QED) is 0.0733. The summed E-state index contributed by atoms with van der Waals surface area (Å²) in [4.78, 5) is 24.2. The Morgan fingerprint density at radius 2 is 0.816 bits per heavy atom. The van der Waals surface area contributed by atoms with Crippen LogP contribution in [-0.2, 0) is 19.1 Å². The molecule has 226 valence electrons. The van der Waals surface area contributed by atoms with Gasteiger partial charge in [0.05, 0.1) is 13.2 Å². The Labute approximate surface area is 235 Å². The van der Waals surface area contributed by atoms with Gasteiger partial charge in [-0.1, -0.05) is 129 Å². The molecule has 0 aliphatic carbocycles. The fraction of sp³-hybridized carbons (Fsp3) is 0.938. The highest BCUT2D eigenvalue weighted by Gasteiger charge is 2.26. The molecule has 0 unspecified atom stereocenters. The lowest BCUT2D eigenvalue weighted by Crippen LogP contribution is -2.47. The Bertz CT molecular complexity index is 500. The zero-order valence-corrected chi connectivity index (χ0v) is 25.4. The summed E-state index contributed by atoms with van der Waals surface area (Å²) in [6.07, 6.45) is 26.4. The summed E-state index contributed by atoms with van der Waals surface area (Å²) in [7, 11) is 0. The van der Waals surface area contributed by atoms with Gasteiger partial charge in [0, 0.05) is 24.9 Å². The standard InChI is InChI=1S/C32H64N2O4/c1-3-5-7-9-11-13-15-17-19-21-27-37-30(35)23-25-32(34,29-33)26-24-31(36)38-28-22-20-18-16-14-12-10-8-6-4-2/h3-29,33-34H2,1-2H3. The molecular formula is C32H64N2O4. The van der Waals surface area contributed by atoms with E-state index < -0.39 is 5.54 Å². The second-order valence-corrected chi connectivity index (χ2v) is 11.4. The van der Waals surface area contributed by atoms with Crippen LogP contribution >= 0.6 is 0 Å². The zero-order valence-electron chi connectivity index (χ0n) is 25.4. The molecule has 0 atom stereocenters. The molecule has 0 radical (unpaired) electrons. The van der Waals surface area contributed by atoms with E-state index in [-0.39, 0.29) is 31.3 Å². The topological polar surface area (TPSA) is 105 Å². The van der Waals surface area contributed by atoms with E-state index in [1.165, 1.54) is 103 Å². The first-order chi connectivity index (χ1) is 18.5. The lowest BCUT2D eigenvalue weighted by molar-refractivity contribution is -0.144. The van der Waals surface area contributed by atoms with Crippen LogP contribution in [-0.4, -0.2) is 37.2 Å². The third-order valence-corrected chi connectivity index (χ3v) is 7.58. The van der Waals surface area contributed by atoms with Gasteiger partial charge in [-0.3, -0.25) is 9.59 Å². The van der Waals surface area contributed by atoms with E-state index in [1.807, 2.05) is 0 Å². The van der Waals surface area contributed by atoms with Crippen LogP contribution in [0.1, 0.15) is 168 Å². The number of unbranched alkanes of at least 4 members (excludes halogenated alkanes) is 18. The van der Waals surface area contributed by atoms with E-state index in [4.69, 9.17) is 20.9 Å². The van der Waals surface area contributed by atoms with Crippen molar-refractivity contribution < 1.29 is 19.1 Å². The predicted molar refractivity (Wildman–Crippen MR) is 160 cm³/mol. The molecule has 0 saturated carbocycles. The van der Waals surface area contributed by atoms with Crippen molar-refractivity contribution in [2.24, 2.45) is 11.5 Å². The molecule has 0 fully saturated rings. The second kappa shape index (κ2) is 27.4. The maximum atomic E-state index is 12.1. The van der Waals surface area contributed by atoms with E-state index >= 15 is 0 Å². The van der Waals surface area contributed by atoms with Gasteiger partial charge in [0.2, 0.25) is 0 Å². The average Bonchev–Trinajstić information content (AvgIpc) is 2.92. The van der Waals surface area contributed by atoms with Crippen LogP contribution < -0.4 is 11.5 Å². The highest BCUT2D eigenvalue weighted by molar-refractivity contribution is 5.70. The monoisotopic (exact) mass is 540 g/mol. The average molecular weight is 541 g/mol. The molecule has 6 heteroatoms. The van der Waals surface area contributed by atoms with Gasteiger partial charge in [0.25, 0.3) is 0 Å². The molecule has 0 rings (SSSR count). The third kappa shape index (κ3) is 25.2. The Morgan fingerprint density at radius 3 is 1.11 bits per heavy atom. The second-order valence-electron chi connectivity index (χ2n) is 11.4. The fourth-order valence-electron chi connectivity index (χ4n) is 4.73. The van der Waals surface area contributed by atoms with Crippen molar-refractivity contribution in [1.29, 1.82) is 0 Å². The summed E-state index contributed by atoms with van der Waals surface area (Å²) in [5.41, 5.74) is 11.5. The first-order valence-electron chi connectivity index (χ1n) is 16.3. The van der Waals surface area contributed by atoms with Crippen LogP contribution in [0.25, 0.3) is 0 Å². The molecule has 0 bridgehead atoms. The summed E-state index contributed by atoms with van der Waals surface area (Å²) >= 11 is 0. The molecule has 4 N–H and O–H groups in total. The van der Waals surface area contributed by atoms with Crippen LogP contribution in [0.15, 0.2) is 0 Å². The normalized spacial score (nSPS) is 11.6.